The van der Waals surface area contributed by atoms with Crippen molar-refractivity contribution in [1.82, 2.24) is 9.78 Å². The van der Waals surface area contributed by atoms with Crippen LogP contribution in [0, 0.1) is 17.0 Å². The van der Waals surface area contributed by atoms with Gasteiger partial charge in [-0.05, 0) is 26.0 Å². The summed E-state index contributed by atoms with van der Waals surface area (Å²) in [4.78, 5) is 10.5. The molecule has 0 saturated heterocycles. The van der Waals surface area contributed by atoms with Crippen molar-refractivity contribution in [3.05, 3.63) is 51.8 Å². The van der Waals surface area contributed by atoms with E-state index in [9.17, 15) is 10.1 Å². The van der Waals surface area contributed by atoms with Gasteiger partial charge < -0.3 is 5.32 Å². The number of hydrogen-bond acceptors (Lipinski definition) is 4. The minimum Gasteiger partial charge on any atom is -0.377 e. The molecule has 1 aromatic heterocycles. The lowest BCUT2D eigenvalue weighted by molar-refractivity contribution is -0.385. The Morgan fingerprint density at radius 1 is 1.42 bits per heavy atom. The lowest BCUT2D eigenvalue weighted by Crippen LogP contribution is -2.11. The molecule has 1 unspecified atom stereocenters. The van der Waals surface area contributed by atoms with Crippen LogP contribution in [0.1, 0.15) is 24.2 Å². The molecule has 1 heterocycles. The number of benzene rings is 1. The summed E-state index contributed by atoms with van der Waals surface area (Å²) in [5.41, 5.74) is 2.53. The Morgan fingerprint density at radius 3 is 2.74 bits per heavy atom. The van der Waals surface area contributed by atoms with Crippen LogP contribution in [0.4, 0.5) is 11.4 Å². The average molecular weight is 260 g/mol. The Hall–Kier alpha value is -2.37. The van der Waals surface area contributed by atoms with Crippen molar-refractivity contribution < 1.29 is 4.92 Å². The van der Waals surface area contributed by atoms with Gasteiger partial charge in [0.2, 0.25) is 0 Å². The first-order valence-electron chi connectivity index (χ1n) is 5.98. The monoisotopic (exact) mass is 260 g/mol. The van der Waals surface area contributed by atoms with E-state index < -0.39 is 0 Å². The maximum absolute atomic E-state index is 10.9. The highest BCUT2D eigenvalue weighted by atomic mass is 16.6. The van der Waals surface area contributed by atoms with E-state index in [1.54, 1.807) is 29.9 Å². The lowest BCUT2D eigenvalue weighted by Gasteiger charge is -2.15. The van der Waals surface area contributed by atoms with Crippen LogP contribution < -0.4 is 5.32 Å². The fourth-order valence-corrected chi connectivity index (χ4v) is 2.03. The van der Waals surface area contributed by atoms with Crippen LogP contribution in [0.2, 0.25) is 0 Å². The summed E-state index contributed by atoms with van der Waals surface area (Å²) in [5, 5.41) is 18.3. The Balaban J connectivity index is 2.22. The second-order valence-electron chi connectivity index (χ2n) is 4.50. The molecule has 6 heteroatoms. The van der Waals surface area contributed by atoms with Crippen molar-refractivity contribution in [2.24, 2.45) is 7.05 Å². The van der Waals surface area contributed by atoms with E-state index in [0.717, 1.165) is 11.4 Å². The summed E-state index contributed by atoms with van der Waals surface area (Å²) in [6.45, 7) is 3.72. The zero-order valence-electron chi connectivity index (χ0n) is 11.1. The molecule has 19 heavy (non-hydrogen) atoms. The molecule has 0 aliphatic heterocycles. The molecule has 1 aromatic carbocycles. The number of nitro groups is 1. The summed E-state index contributed by atoms with van der Waals surface area (Å²) in [5.74, 6) is 0. The third-order valence-corrected chi connectivity index (χ3v) is 3.09. The van der Waals surface area contributed by atoms with Gasteiger partial charge in [0.05, 0.1) is 16.7 Å². The number of anilines is 1. The molecule has 1 atom stereocenters. The number of aryl methyl sites for hydroxylation is 2. The van der Waals surface area contributed by atoms with Crippen LogP contribution in [-0.2, 0) is 7.05 Å². The fourth-order valence-electron chi connectivity index (χ4n) is 2.03. The van der Waals surface area contributed by atoms with Crippen LogP contribution in [-0.4, -0.2) is 14.7 Å². The van der Waals surface area contributed by atoms with Crippen LogP contribution in [0.3, 0.4) is 0 Å². The Bertz CT molecular complexity index is 606. The lowest BCUT2D eigenvalue weighted by atomic mass is 10.1. The molecule has 0 amide bonds. The van der Waals surface area contributed by atoms with Gasteiger partial charge in [-0.3, -0.25) is 14.8 Å². The summed E-state index contributed by atoms with van der Waals surface area (Å²) in [7, 11) is 1.87. The molecule has 100 valence electrons. The molecule has 1 N–H and O–H groups in total. The number of nitrogens with zero attached hydrogens (tertiary/aromatic N) is 3. The van der Waals surface area contributed by atoms with E-state index >= 15 is 0 Å². The third-order valence-electron chi connectivity index (χ3n) is 3.09. The van der Waals surface area contributed by atoms with Gasteiger partial charge in [-0.25, -0.2) is 0 Å². The highest BCUT2D eigenvalue weighted by molar-refractivity contribution is 5.55. The van der Waals surface area contributed by atoms with Gasteiger partial charge in [0, 0.05) is 30.6 Å². The molecule has 6 nitrogen and oxygen atoms in total. The van der Waals surface area contributed by atoms with E-state index in [1.165, 1.54) is 0 Å². The standard InChI is InChI=1S/C13H16N4O2/c1-9-4-5-11(8-13(9)17(18)19)15-10(2)12-6-7-14-16(12)3/h4-8,10,15H,1-3H3. The summed E-state index contributed by atoms with van der Waals surface area (Å²) in [6.07, 6.45) is 1.73. The normalized spacial score (nSPS) is 12.2. The van der Waals surface area contributed by atoms with E-state index in [0.29, 0.717) is 5.56 Å². The van der Waals surface area contributed by atoms with Crippen molar-refractivity contribution in [3.63, 3.8) is 0 Å². The van der Waals surface area contributed by atoms with E-state index in [4.69, 9.17) is 0 Å². The molecular weight excluding hydrogens is 244 g/mol. The number of rotatable bonds is 4. The molecule has 0 bridgehead atoms. The molecule has 2 aromatic rings. The smallest absolute Gasteiger partial charge is 0.274 e. The minimum atomic E-state index is -0.366. The van der Waals surface area contributed by atoms with E-state index in [2.05, 4.69) is 10.4 Å². The molecule has 0 aliphatic rings. The summed E-state index contributed by atoms with van der Waals surface area (Å²) < 4.78 is 1.78. The van der Waals surface area contributed by atoms with Gasteiger partial charge in [0.15, 0.2) is 0 Å². The number of nitrogens with one attached hydrogen (secondary N) is 1. The number of hydrogen-bond donors (Lipinski definition) is 1. The van der Waals surface area contributed by atoms with Gasteiger partial charge in [-0.15, -0.1) is 0 Å². The summed E-state index contributed by atoms with van der Waals surface area (Å²) in [6, 6.07) is 7.09. The molecule has 0 saturated carbocycles. The molecule has 0 radical (unpaired) electrons. The van der Waals surface area contributed by atoms with Gasteiger partial charge in [-0.2, -0.15) is 5.10 Å². The van der Waals surface area contributed by atoms with Gasteiger partial charge >= 0.3 is 0 Å². The van der Waals surface area contributed by atoms with Crippen molar-refractivity contribution in [3.8, 4) is 0 Å². The quantitative estimate of drug-likeness (QED) is 0.677. The van der Waals surface area contributed by atoms with Crippen molar-refractivity contribution in [2.45, 2.75) is 19.9 Å². The first kappa shape index (κ1) is 13.1. The van der Waals surface area contributed by atoms with Crippen molar-refractivity contribution >= 4 is 11.4 Å². The number of nitro benzene ring substituents is 1. The molecule has 0 aliphatic carbocycles. The molecular formula is C13H16N4O2. The zero-order valence-corrected chi connectivity index (χ0v) is 11.1. The predicted molar refractivity (Wildman–Crippen MR) is 73.1 cm³/mol. The largest absolute Gasteiger partial charge is 0.377 e. The van der Waals surface area contributed by atoms with Crippen molar-refractivity contribution in [2.75, 3.05) is 5.32 Å². The number of aromatic nitrogens is 2. The van der Waals surface area contributed by atoms with Gasteiger partial charge in [0.1, 0.15) is 0 Å². The second-order valence-corrected chi connectivity index (χ2v) is 4.50. The van der Waals surface area contributed by atoms with Crippen LogP contribution in [0.5, 0.6) is 0 Å². The highest BCUT2D eigenvalue weighted by Gasteiger charge is 2.13. The van der Waals surface area contributed by atoms with Crippen LogP contribution in [0.25, 0.3) is 0 Å². The Morgan fingerprint density at radius 2 is 2.16 bits per heavy atom. The highest BCUT2D eigenvalue weighted by Crippen LogP contribution is 2.25. The van der Waals surface area contributed by atoms with Gasteiger partial charge in [-0.1, -0.05) is 6.07 Å². The van der Waals surface area contributed by atoms with Crippen molar-refractivity contribution in [1.29, 1.82) is 0 Å². The molecule has 0 spiro atoms. The topological polar surface area (TPSA) is 73.0 Å². The molecule has 0 fully saturated rings. The van der Waals surface area contributed by atoms with Crippen LogP contribution in [0.15, 0.2) is 30.5 Å². The Labute approximate surface area is 111 Å². The van der Waals surface area contributed by atoms with E-state index in [-0.39, 0.29) is 16.7 Å². The summed E-state index contributed by atoms with van der Waals surface area (Å²) >= 11 is 0. The SMILES string of the molecule is Cc1ccc(NC(C)c2ccnn2C)cc1[N+](=O)[O-]. The first-order valence-corrected chi connectivity index (χ1v) is 5.98. The Kier molecular flexibility index (Phi) is 3.50. The van der Waals surface area contributed by atoms with E-state index in [1.807, 2.05) is 26.1 Å². The fraction of sp³-hybridized carbons (Fsp3) is 0.308. The third kappa shape index (κ3) is 2.73. The predicted octanol–water partition coefficient (Wildman–Crippen LogP) is 2.81. The second kappa shape index (κ2) is 5.09. The maximum atomic E-state index is 10.9. The maximum Gasteiger partial charge on any atom is 0.274 e. The minimum absolute atomic E-state index is 0.0230. The molecule has 2 rings (SSSR count). The first-order chi connectivity index (χ1) is 8.99. The van der Waals surface area contributed by atoms with Crippen LogP contribution >= 0.6 is 0 Å². The average Bonchev–Trinajstić information content (AvgIpc) is 2.77. The van der Waals surface area contributed by atoms with Gasteiger partial charge in [0.25, 0.3) is 5.69 Å². The zero-order chi connectivity index (χ0) is 14.0.